The van der Waals surface area contributed by atoms with Crippen LogP contribution in [0.1, 0.15) is 33.8 Å². The van der Waals surface area contributed by atoms with Crippen LogP contribution in [0.5, 0.6) is 0 Å². The third-order valence-electron chi connectivity index (χ3n) is 3.99. The van der Waals surface area contributed by atoms with E-state index < -0.39 is 0 Å². The lowest BCUT2D eigenvalue weighted by atomic mass is 10.1. The number of nitrogens with one attached hydrogen (secondary N) is 1. The van der Waals surface area contributed by atoms with Crippen LogP contribution in [-0.4, -0.2) is 12.5 Å². The quantitative estimate of drug-likeness (QED) is 0.900. The van der Waals surface area contributed by atoms with Crippen molar-refractivity contribution in [1.82, 2.24) is 5.32 Å². The Bertz CT molecular complexity index is 589. The van der Waals surface area contributed by atoms with Crippen molar-refractivity contribution in [3.8, 4) is 0 Å². The van der Waals surface area contributed by atoms with Gasteiger partial charge < -0.3 is 5.32 Å². The molecule has 2 heteroatoms. The zero-order chi connectivity index (χ0) is 13.9. The fourth-order valence-corrected chi connectivity index (χ4v) is 2.61. The van der Waals surface area contributed by atoms with Gasteiger partial charge in [0.2, 0.25) is 0 Å². The van der Waals surface area contributed by atoms with Crippen molar-refractivity contribution in [2.45, 2.75) is 19.3 Å². The molecule has 2 aromatic rings. The van der Waals surface area contributed by atoms with Gasteiger partial charge in [0.05, 0.1) is 0 Å². The molecular weight excluding hydrogens is 246 g/mol. The van der Waals surface area contributed by atoms with Gasteiger partial charge in [-0.25, -0.2) is 0 Å². The van der Waals surface area contributed by atoms with Crippen LogP contribution in [0.3, 0.4) is 0 Å². The van der Waals surface area contributed by atoms with Gasteiger partial charge in [0.1, 0.15) is 0 Å². The summed E-state index contributed by atoms with van der Waals surface area (Å²) in [6, 6.07) is 18.1. The second kappa shape index (κ2) is 5.49. The molecule has 0 bridgehead atoms. The summed E-state index contributed by atoms with van der Waals surface area (Å²) < 4.78 is 0. The largest absolute Gasteiger partial charge is 0.352 e. The minimum Gasteiger partial charge on any atom is -0.352 e. The summed E-state index contributed by atoms with van der Waals surface area (Å²) in [6.07, 6.45) is 1.18. The van der Waals surface area contributed by atoms with Crippen molar-refractivity contribution in [3.63, 3.8) is 0 Å². The molecule has 102 valence electrons. The monoisotopic (exact) mass is 265 g/mol. The zero-order valence-corrected chi connectivity index (χ0v) is 11.7. The van der Waals surface area contributed by atoms with Crippen LogP contribution in [0, 0.1) is 12.8 Å². The molecule has 0 heterocycles. The predicted molar refractivity (Wildman–Crippen MR) is 80.8 cm³/mol. The van der Waals surface area contributed by atoms with Crippen molar-refractivity contribution in [1.29, 1.82) is 0 Å². The van der Waals surface area contributed by atoms with Crippen LogP contribution in [-0.2, 0) is 0 Å². The van der Waals surface area contributed by atoms with Gasteiger partial charge >= 0.3 is 0 Å². The Morgan fingerprint density at radius 2 is 1.80 bits per heavy atom. The molecule has 2 nitrogen and oxygen atoms in total. The van der Waals surface area contributed by atoms with E-state index >= 15 is 0 Å². The lowest BCUT2D eigenvalue weighted by molar-refractivity contribution is 0.0951. The van der Waals surface area contributed by atoms with Crippen LogP contribution in [0.15, 0.2) is 54.6 Å². The number of rotatable bonds is 4. The smallest absolute Gasteiger partial charge is 0.251 e. The summed E-state index contributed by atoms with van der Waals surface area (Å²) in [5.74, 6) is 1.23. The molecule has 0 spiro atoms. The Labute approximate surface area is 119 Å². The highest BCUT2D eigenvalue weighted by Crippen LogP contribution is 2.46. The molecule has 3 rings (SSSR count). The molecule has 0 aromatic heterocycles. The summed E-state index contributed by atoms with van der Waals surface area (Å²) in [7, 11) is 0. The van der Waals surface area contributed by atoms with E-state index in [0.29, 0.717) is 11.8 Å². The van der Waals surface area contributed by atoms with E-state index in [9.17, 15) is 4.79 Å². The Morgan fingerprint density at radius 3 is 2.50 bits per heavy atom. The fraction of sp³-hybridized carbons (Fsp3) is 0.278. The summed E-state index contributed by atoms with van der Waals surface area (Å²) in [5.41, 5.74) is 3.43. The first-order valence-corrected chi connectivity index (χ1v) is 7.14. The molecule has 0 aliphatic heterocycles. The number of hydrogen-bond donors (Lipinski definition) is 1. The normalized spacial score (nSPS) is 20.4. The molecule has 1 amide bonds. The second-order valence-electron chi connectivity index (χ2n) is 5.59. The first kappa shape index (κ1) is 12.9. The maximum absolute atomic E-state index is 12.0. The fourth-order valence-electron chi connectivity index (χ4n) is 2.61. The summed E-state index contributed by atoms with van der Waals surface area (Å²) in [4.78, 5) is 12.0. The molecule has 2 aromatic carbocycles. The van der Waals surface area contributed by atoms with Crippen molar-refractivity contribution < 1.29 is 4.79 Å². The molecule has 0 unspecified atom stereocenters. The van der Waals surface area contributed by atoms with Crippen LogP contribution < -0.4 is 5.32 Å². The van der Waals surface area contributed by atoms with E-state index in [-0.39, 0.29) is 5.91 Å². The molecule has 1 aliphatic carbocycles. The van der Waals surface area contributed by atoms with Gasteiger partial charge in [-0.15, -0.1) is 0 Å². The minimum atomic E-state index is 0.0279. The van der Waals surface area contributed by atoms with E-state index in [1.807, 2.05) is 30.3 Å². The van der Waals surface area contributed by atoms with Gasteiger partial charge in [-0.2, -0.15) is 0 Å². The summed E-state index contributed by atoms with van der Waals surface area (Å²) >= 11 is 0. The van der Waals surface area contributed by atoms with E-state index in [2.05, 4.69) is 36.5 Å². The number of carbonyl (C=O) groups is 1. The van der Waals surface area contributed by atoms with E-state index in [4.69, 9.17) is 0 Å². The van der Waals surface area contributed by atoms with Gasteiger partial charge in [0.15, 0.2) is 0 Å². The SMILES string of the molecule is Cc1ccc([C@H]2C[C@H]2CNC(=O)c2ccccc2)cc1. The highest BCUT2D eigenvalue weighted by Gasteiger charge is 2.38. The summed E-state index contributed by atoms with van der Waals surface area (Å²) in [6.45, 7) is 2.88. The molecule has 1 aliphatic rings. The highest BCUT2D eigenvalue weighted by atomic mass is 16.1. The van der Waals surface area contributed by atoms with E-state index in [1.165, 1.54) is 17.5 Å². The molecular formula is C18H19NO. The van der Waals surface area contributed by atoms with Crippen molar-refractivity contribution in [2.75, 3.05) is 6.54 Å². The number of amides is 1. The molecule has 0 radical (unpaired) electrons. The third-order valence-corrected chi connectivity index (χ3v) is 3.99. The number of aryl methyl sites for hydroxylation is 1. The van der Waals surface area contributed by atoms with Crippen molar-refractivity contribution >= 4 is 5.91 Å². The van der Waals surface area contributed by atoms with Crippen LogP contribution in [0.2, 0.25) is 0 Å². The minimum absolute atomic E-state index is 0.0279. The Morgan fingerprint density at radius 1 is 1.10 bits per heavy atom. The third kappa shape index (κ3) is 2.90. The molecule has 1 saturated carbocycles. The van der Waals surface area contributed by atoms with Gasteiger partial charge in [0, 0.05) is 12.1 Å². The van der Waals surface area contributed by atoms with Crippen LogP contribution in [0.4, 0.5) is 0 Å². The zero-order valence-electron chi connectivity index (χ0n) is 11.7. The number of benzene rings is 2. The molecule has 1 N–H and O–H groups in total. The molecule has 0 saturated heterocycles. The average Bonchev–Trinajstić information content (AvgIpc) is 3.26. The molecule has 1 fully saturated rings. The van der Waals surface area contributed by atoms with Gasteiger partial charge in [-0.05, 0) is 42.9 Å². The van der Waals surface area contributed by atoms with Crippen LogP contribution >= 0.6 is 0 Å². The highest BCUT2D eigenvalue weighted by molar-refractivity contribution is 5.94. The first-order chi connectivity index (χ1) is 9.74. The molecule has 2 atom stereocenters. The predicted octanol–water partition coefficient (Wildman–Crippen LogP) is 3.53. The Kier molecular flexibility index (Phi) is 3.55. The van der Waals surface area contributed by atoms with E-state index in [1.54, 1.807) is 0 Å². The van der Waals surface area contributed by atoms with Gasteiger partial charge in [-0.1, -0.05) is 48.0 Å². The average molecular weight is 265 g/mol. The number of hydrogen-bond acceptors (Lipinski definition) is 1. The van der Waals surface area contributed by atoms with Crippen molar-refractivity contribution in [2.24, 2.45) is 5.92 Å². The summed E-state index contributed by atoms with van der Waals surface area (Å²) in [5, 5.41) is 3.03. The number of carbonyl (C=O) groups excluding carboxylic acids is 1. The van der Waals surface area contributed by atoms with Crippen molar-refractivity contribution in [3.05, 3.63) is 71.3 Å². The lowest BCUT2D eigenvalue weighted by Gasteiger charge is -2.05. The van der Waals surface area contributed by atoms with Gasteiger partial charge in [0.25, 0.3) is 5.91 Å². The standard InChI is InChI=1S/C18H19NO/c1-13-7-9-14(10-8-13)17-11-16(17)12-19-18(20)15-5-3-2-4-6-15/h2-10,16-17H,11-12H2,1H3,(H,19,20)/t16-,17+/m0/s1. The van der Waals surface area contributed by atoms with Crippen LogP contribution in [0.25, 0.3) is 0 Å². The topological polar surface area (TPSA) is 29.1 Å². The Hall–Kier alpha value is -2.09. The van der Waals surface area contributed by atoms with E-state index in [0.717, 1.165) is 12.1 Å². The van der Waals surface area contributed by atoms with Gasteiger partial charge in [-0.3, -0.25) is 4.79 Å². The Balaban J connectivity index is 1.52. The lowest BCUT2D eigenvalue weighted by Crippen LogP contribution is -2.25. The maximum Gasteiger partial charge on any atom is 0.251 e. The molecule has 20 heavy (non-hydrogen) atoms. The second-order valence-corrected chi connectivity index (χ2v) is 5.59. The first-order valence-electron chi connectivity index (χ1n) is 7.14. The maximum atomic E-state index is 12.0.